The minimum Gasteiger partial charge on any atom is -0.310 e. The van der Waals surface area contributed by atoms with E-state index in [1.54, 1.807) is 0 Å². The van der Waals surface area contributed by atoms with Crippen molar-refractivity contribution in [3.8, 4) is 0 Å². The maximum atomic E-state index is 4.27. The summed E-state index contributed by atoms with van der Waals surface area (Å²) in [6.45, 7) is 10.8. The maximum absolute atomic E-state index is 4.27. The third-order valence-corrected chi connectivity index (χ3v) is 3.12. The highest BCUT2D eigenvalue weighted by atomic mass is 15.3. The van der Waals surface area contributed by atoms with E-state index in [1.165, 1.54) is 18.4 Å². The van der Waals surface area contributed by atoms with Gasteiger partial charge < -0.3 is 5.32 Å². The fraction of sp³-hybridized carbons (Fsp3) is 0.769. The summed E-state index contributed by atoms with van der Waals surface area (Å²) in [5.41, 5.74) is 1.28. The molecule has 0 spiro atoms. The molecule has 0 aromatic carbocycles. The second-order valence-electron chi connectivity index (χ2n) is 4.74. The van der Waals surface area contributed by atoms with Crippen LogP contribution in [0, 0.1) is 5.92 Å². The SMILES string of the molecule is CCC(C)CC(C)NCc1cnn(CC)c1. The van der Waals surface area contributed by atoms with Crippen LogP contribution < -0.4 is 5.32 Å². The highest BCUT2D eigenvalue weighted by Crippen LogP contribution is 2.09. The zero-order valence-electron chi connectivity index (χ0n) is 11.0. The first kappa shape index (κ1) is 13.2. The molecule has 1 heterocycles. The second kappa shape index (κ2) is 6.69. The third-order valence-electron chi connectivity index (χ3n) is 3.12. The number of hydrogen-bond donors (Lipinski definition) is 1. The third kappa shape index (κ3) is 4.35. The highest BCUT2D eigenvalue weighted by Gasteiger charge is 2.07. The van der Waals surface area contributed by atoms with E-state index < -0.39 is 0 Å². The largest absolute Gasteiger partial charge is 0.310 e. The number of nitrogens with one attached hydrogen (secondary N) is 1. The summed E-state index contributed by atoms with van der Waals surface area (Å²) in [7, 11) is 0. The Hall–Kier alpha value is -0.830. The van der Waals surface area contributed by atoms with Crippen LogP contribution in [0.25, 0.3) is 0 Å². The summed E-state index contributed by atoms with van der Waals surface area (Å²) in [6, 6.07) is 0.583. The monoisotopic (exact) mass is 223 g/mol. The zero-order valence-corrected chi connectivity index (χ0v) is 11.0. The van der Waals surface area contributed by atoms with Crippen LogP contribution in [0.2, 0.25) is 0 Å². The fourth-order valence-corrected chi connectivity index (χ4v) is 1.82. The molecule has 3 nitrogen and oxygen atoms in total. The van der Waals surface area contributed by atoms with Gasteiger partial charge >= 0.3 is 0 Å². The minimum absolute atomic E-state index is 0.583. The van der Waals surface area contributed by atoms with E-state index >= 15 is 0 Å². The number of aromatic nitrogens is 2. The lowest BCUT2D eigenvalue weighted by atomic mass is 10.0. The molecule has 0 saturated heterocycles. The molecule has 1 rings (SSSR count). The van der Waals surface area contributed by atoms with Gasteiger partial charge in [0, 0.05) is 30.9 Å². The summed E-state index contributed by atoms with van der Waals surface area (Å²) < 4.78 is 1.97. The van der Waals surface area contributed by atoms with E-state index in [4.69, 9.17) is 0 Å². The molecular formula is C13H25N3. The van der Waals surface area contributed by atoms with Crippen molar-refractivity contribution in [2.45, 2.75) is 59.7 Å². The smallest absolute Gasteiger partial charge is 0.0534 e. The Bertz CT molecular complexity index is 293. The summed E-state index contributed by atoms with van der Waals surface area (Å²) >= 11 is 0. The number of hydrogen-bond acceptors (Lipinski definition) is 2. The first-order chi connectivity index (χ1) is 7.65. The fourth-order valence-electron chi connectivity index (χ4n) is 1.82. The van der Waals surface area contributed by atoms with Crippen molar-refractivity contribution >= 4 is 0 Å². The first-order valence-electron chi connectivity index (χ1n) is 6.40. The molecule has 1 aromatic rings. The van der Waals surface area contributed by atoms with Crippen molar-refractivity contribution in [3.63, 3.8) is 0 Å². The molecule has 0 bridgehead atoms. The van der Waals surface area contributed by atoms with E-state index in [-0.39, 0.29) is 0 Å². The molecule has 0 aliphatic heterocycles. The molecule has 0 saturated carbocycles. The Morgan fingerprint density at radius 3 is 2.69 bits per heavy atom. The molecule has 16 heavy (non-hydrogen) atoms. The predicted octanol–water partition coefficient (Wildman–Crippen LogP) is 2.82. The van der Waals surface area contributed by atoms with Crippen LogP contribution >= 0.6 is 0 Å². The number of rotatable bonds is 7. The lowest BCUT2D eigenvalue weighted by Crippen LogP contribution is -2.27. The predicted molar refractivity (Wildman–Crippen MR) is 68.3 cm³/mol. The van der Waals surface area contributed by atoms with Crippen molar-refractivity contribution in [1.82, 2.24) is 15.1 Å². The molecular weight excluding hydrogens is 198 g/mol. The Labute approximate surface area is 99.2 Å². The van der Waals surface area contributed by atoms with Crippen LogP contribution in [-0.4, -0.2) is 15.8 Å². The van der Waals surface area contributed by atoms with Crippen molar-refractivity contribution in [3.05, 3.63) is 18.0 Å². The Morgan fingerprint density at radius 1 is 1.38 bits per heavy atom. The maximum Gasteiger partial charge on any atom is 0.0534 e. The quantitative estimate of drug-likeness (QED) is 0.770. The zero-order chi connectivity index (χ0) is 12.0. The van der Waals surface area contributed by atoms with Gasteiger partial charge in [0.05, 0.1) is 6.20 Å². The van der Waals surface area contributed by atoms with Crippen molar-refractivity contribution in [2.24, 2.45) is 5.92 Å². The van der Waals surface area contributed by atoms with E-state index in [2.05, 4.69) is 44.3 Å². The van der Waals surface area contributed by atoms with Gasteiger partial charge in [0.25, 0.3) is 0 Å². The molecule has 92 valence electrons. The average Bonchev–Trinajstić information content (AvgIpc) is 2.74. The van der Waals surface area contributed by atoms with Gasteiger partial charge in [-0.05, 0) is 26.2 Å². The molecule has 2 atom stereocenters. The second-order valence-corrected chi connectivity index (χ2v) is 4.74. The molecule has 0 amide bonds. The van der Waals surface area contributed by atoms with Gasteiger partial charge in [0.15, 0.2) is 0 Å². The van der Waals surface area contributed by atoms with Crippen LogP contribution in [0.1, 0.15) is 46.1 Å². The molecule has 3 heteroatoms. The Balaban J connectivity index is 2.28. The molecule has 0 radical (unpaired) electrons. The van der Waals surface area contributed by atoms with Gasteiger partial charge in [-0.15, -0.1) is 0 Å². The summed E-state index contributed by atoms with van der Waals surface area (Å²) in [4.78, 5) is 0. The van der Waals surface area contributed by atoms with Crippen LogP contribution in [-0.2, 0) is 13.1 Å². The van der Waals surface area contributed by atoms with Gasteiger partial charge in [-0.1, -0.05) is 20.3 Å². The van der Waals surface area contributed by atoms with Gasteiger partial charge in [-0.25, -0.2) is 0 Å². The van der Waals surface area contributed by atoms with Gasteiger partial charge in [0.1, 0.15) is 0 Å². The molecule has 0 fully saturated rings. The number of aryl methyl sites for hydroxylation is 1. The van der Waals surface area contributed by atoms with Gasteiger partial charge in [0.2, 0.25) is 0 Å². The molecule has 1 N–H and O–H groups in total. The highest BCUT2D eigenvalue weighted by molar-refractivity contribution is 5.03. The summed E-state index contributed by atoms with van der Waals surface area (Å²) in [5, 5.41) is 7.81. The lowest BCUT2D eigenvalue weighted by molar-refractivity contribution is 0.412. The molecule has 2 unspecified atom stereocenters. The van der Waals surface area contributed by atoms with Crippen molar-refractivity contribution in [1.29, 1.82) is 0 Å². The standard InChI is InChI=1S/C13H25N3/c1-5-11(3)7-12(4)14-8-13-9-15-16(6-2)10-13/h9-12,14H,5-8H2,1-4H3. The normalized spacial score (nSPS) is 15.0. The van der Waals surface area contributed by atoms with E-state index in [9.17, 15) is 0 Å². The van der Waals surface area contributed by atoms with E-state index in [1.807, 2.05) is 10.9 Å². The molecule has 0 aliphatic rings. The minimum atomic E-state index is 0.583. The molecule has 1 aromatic heterocycles. The summed E-state index contributed by atoms with van der Waals surface area (Å²) in [6.07, 6.45) is 6.58. The summed E-state index contributed by atoms with van der Waals surface area (Å²) in [5.74, 6) is 0.806. The van der Waals surface area contributed by atoms with Crippen LogP contribution in [0.5, 0.6) is 0 Å². The van der Waals surface area contributed by atoms with Gasteiger partial charge in [-0.3, -0.25) is 4.68 Å². The molecule has 0 aliphatic carbocycles. The van der Waals surface area contributed by atoms with Gasteiger partial charge in [-0.2, -0.15) is 5.10 Å². The number of nitrogens with zero attached hydrogens (tertiary/aromatic N) is 2. The van der Waals surface area contributed by atoms with Crippen molar-refractivity contribution < 1.29 is 0 Å². The average molecular weight is 223 g/mol. The van der Waals surface area contributed by atoms with E-state index in [0.717, 1.165) is 19.0 Å². The van der Waals surface area contributed by atoms with Crippen molar-refractivity contribution in [2.75, 3.05) is 0 Å². The Kier molecular flexibility index (Phi) is 5.53. The topological polar surface area (TPSA) is 29.9 Å². The van der Waals surface area contributed by atoms with Crippen LogP contribution in [0.15, 0.2) is 12.4 Å². The first-order valence-corrected chi connectivity index (χ1v) is 6.40. The van der Waals surface area contributed by atoms with Crippen LogP contribution in [0.4, 0.5) is 0 Å². The lowest BCUT2D eigenvalue weighted by Gasteiger charge is -2.16. The Morgan fingerprint density at radius 2 is 2.12 bits per heavy atom. The van der Waals surface area contributed by atoms with Crippen LogP contribution in [0.3, 0.4) is 0 Å². The van der Waals surface area contributed by atoms with E-state index in [0.29, 0.717) is 6.04 Å².